The Hall–Kier alpha value is -2.47. The molecule has 3 N–H and O–H groups in total. The van der Waals surface area contributed by atoms with Crippen LogP contribution in [-0.4, -0.2) is 33.0 Å². The van der Waals surface area contributed by atoms with Gasteiger partial charge in [-0.15, -0.1) is 0 Å². The third-order valence-corrected chi connectivity index (χ3v) is 3.02. The van der Waals surface area contributed by atoms with Crippen LogP contribution >= 0.6 is 0 Å². The highest BCUT2D eigenvalue weighted by Crippen LogP contribution is 2.08. The lowest BCUT2D eigenvalue weighted by atomic mass is 10.2. The molecule has 0 aliphatic rings. The lowest BCUT2D eigenvalue weighted by molar-refractivity contribution is 0.314. The van der Waals surface area contributed by atoms with Gasteiger partial charge in [0.15, 0.2) is 5.84 Å². The molecule has 0 radical (unpaired) electrons. The van der Waals surface area contributed by atoms with Gasteiger partial charge in [-0.25, -0.2) is 0 Å². The van der Waals surface area contributed by atoms with Gasteiger partial charge in [0.25, 0.3) is 0 Å². The summed E-state index contributed by atoms with van der Waals surface area (Å²) in [5.41, 5.74) is 9.10. The van der Waals surface area contributed by atoms with Gasteiger partial charge in [0.2, 0.25) is 0 Å². The second kappa shape index (κ2) is 6.81. The molecular weight excluding hydrogens is 266 g/mol. The average Bonchev–Trinajstić information content (AvgIpc) is 2.46. The van der Waals surface area contributed by atoms with E-state index >= 15 is 0 Å². The molecule has 0 spiro atoms. The van der Waals surface area contributed by atoms with Gasteiger partial charge in [-0.1, -0.05) is 11.2 Å². The molecule has 0 aliphatic carbocycles. The third-order valence-electron chi connectivity index (χ3n) is 3.02. The Morgan fingerprint density at radius 1 is 1.33 bits per heavy atom. The minimum Gasteiger partial charge on any atom is -0.409 e. The van der Waals surface area contributed by atoms with Crippen molar-refractivity contribution in [2.45, 2.75) is 20.0 Å². The summed E-state index contributed by atoms with van der Waals surface area (Å²) in [5, 5.41) is 11.7. The maximum absolute atomic E-state index is 8.69. The number of rotatable bonds is 5. The van der Waals surface area contributed by atoms with Crippen molar-refractivity contribution in [2.75, 3.05) is 7.05 Å². The van der Waals surface area contributed by atoms with Gasteiger partial charge in [-0.05, 0) is 43.8 Å². The van der Waals surface area contributed by atoms with E-state index in [1.54, 1.807) is 6.20 Å². The molecular formula is C15H19N5O. The van der Waals surface area contributed by atoms with Crippen LogP contribution in [-0.2, 0) is 13.1 Å². The van der Waals surface area contributed by atoms with Crippen molar-refractivity contribution in [2.24, 2.45) is 10.9 Å². The summed E-state index contributed by atoms with van der Waals surface area (Å²) >= 11 is 0. The predicted octanol–water partition coefficient (Wildman–Crippen LogP) is 1.51. The van der Waals surface area contributed by atoms with Crippen molar-refractivity contribution in [3.8, 4) is 0 Å². The Bertz CT molecular complexity index is 641. The average molecular weight is 285 g/mol. The predicted molar refractivity (Wildman–Crippen MR) is 80.9 cm³/mol. The molecule has 2 aromatic rings. The van der Waals surface area contributed by atoms with Crippen LogP contribution in [0.3, 0.4) is 0 Å². The Balaban J connectivity index is 2.04. The zero-order valence-electron chi connectivity index (χ0n) is 12.2. The van der Waals surface area contributed by atoms with E-state index in [1.807, 2.05) is 44.3 Å². The van der Waals surface area contributed by atoms with Gasteiger partial charge >= 0.3 is 0 Å². The molecule has 110 valence electrons. The molecule has 0 atom stereocenters. The topological polar surface area (TPSA) is 87.6 Å². The Morgan fingerprint density at radius 2 is 2.14 bits per heavy atom. The molecule has 0 aromatic carbocycles. The fourth-order valence-electron chi connectivity index (χ4n) is 2.10. The fourth-order valence-corrected chi connectivity index (χ4v) is 2.10. The van der Waals surface area contributed by atoms with Crippen molar-refractivity contribution in [3.63, 3.8) is 0 Å². The molecule has 0 amide bonds. The lowest BCUT2D eigenvalue weighted by Gasteiger charge is -2.16. The largest absolute Gasteiger partial charge is 0.409 e. The van der Waals surface area contributed by atoms with Gasteiger partial charge in [0.1, 0.15) is 5.69 Å². The summed E-state index contributed by atoms with van der Waals surface area (Å²) in [7, 11) is 2.02. The minimum absolute atomic E-state index is 0.0138. The number of pyridine rings is 2. The van der Waals surface area contributed by atoms with Crippen LogP contribution in [0.25, 0.3) is 0 Å². The second-order valence-corrected chi connectivity index (χ2v) is 4.98. The van der Waals surface area contributed by atoms with Gasteiger partial charge in [0.05, 0.1) is 5.69 Å². The van der Waals surface area contributed by atoms with Crippen LogP contribution in [0.1, 0.15) is 22.6 Å². The molecule has 2 rings (SSSR count). The molecule has 0 unspecified atom stereocenters. The smallest absolute Gasteiger partial charge is 0.188 e. The Morgan fingerprint density at radius 3 is 2.86 bits per heavy atom. The molecule has 0 saturated heterocycles. The highest BCUT2D eigenvalue weighted by Gasteiger charge is 2.06. The number of aryl methyl sites for hydroxylation is 1. The van der Waals surface area contributed by atoms with Crippen molar-refractivity contribution in [1.82, 2.24) is 14.9 Å². The molecule has 0 aliphatic heterocycles. The van der Waals surface area contributed by atoms with Crippen LogP contribution in [0.4, 0.5) is 0 Å². The number of nitrogens with two attached hydrogens (primary N) is 1. The van der Waals surface area contributed by atoms with E-state index in [4.69, 9.17) is 10.9 Å². The van der Waals surface area contributed by atoms with E-state index in [1.165, 1.54) is 0 Å². The number of hydrogen-bond acceptors (Lipinski definition) is 5. The Kier molecular flexibility index (Phi) is 4.84. The van der Waals surface area contributed by atoms with Gasteiger partial charge in [-0.3, -0.25) is 14.9 Å². The standard InChI is InChI=1S/C15H19N5O/c1-11-4-3-5-13(18-11)10-20(2)9-12-6-7-17-14(8-12)15(16)19-21/h3-8,21H,9-10H2,1-2H3,(H2,16,19). The molecule has 0 fully saturated rings. The van der Waals surface area contributed by atoms with Gasteiger partial charge in [0, 0.05) is 25.0 Å². The summed E-state index contributed by atoms with van der Waals surface area (Å²) in [6.45, 7) is 3.46. The highest BCUT2D eigenvalue weighted by atomic mass is 16.4. The first-order valence-electron chi connectivity index (χ1n) is 6.62. The van der Waals surface area contributed by atoms with Crippen LogP contribution in [0, 0.1) is 6.92 Å². The molecule has 6 heteroatoms. The monoisotopic (exact) mass is 285 g/mol. The van der Waals surface area contributed by atoms with Gasteiger partial charge in [-0.2, -0.15) is 0 Å². The molecule has 0 saturated carbocycles. The van der Waals surface area contributed by atoms with Crippen molar-refractivity contribution in [1.29, 1.82) is 0 Å². The number of oxime groups is 1. The summed E-state index contributed by atoms with van der Waals surface area (Å²) in [5.74, 6) is 0.0138. The minimum atomic E-state index is 0.0138. The molecule has 2 aromatic heterocycles. The maximum Gasteiger partial charge on any atom is 0.188 e. The van der Waals surface area contributed by atoms with Crippen LogP contribution in [0.5, 0.6) is 0 Å². The first-order valence-corrected chi connectivity index (χ1v) is 6.62. The van der Waals surface area contributed by atoms with Crippen molar-refractivity contribution < 1.29 is 5.21 Å². The lowest BCUT2D eigenvalue weighted by Crippen LogP contribution is -2.19. The Labute approximate surface area is 123 Å². The van der Waals surface area contributed by atoms with E-state index in [-0.39, 0.29) is 5.84 Å². The highest BCUT2D eigenvalue weighted by molar-refractivity contribution is 5.95. The van der Waals surface area contributed by atoms with E-state index in [0.717, 1.165) is 30.0 Å². The first kappa shape index (κ1) is 14.9. The van der Waals surface area contributed by atoms with Gasteiger partial charge < -0.3 is 10.9 Å². The number of amidine groups is 1. The fraction of sp³-hybridized carbons (Fsp3) is 0.267. The van der Waals surface area contributed by atoms with E-state index in [0.29, 0.717) is 5.69 Å². The summed E-state index contributed by atoms with van der Waals surface area (Å²) < 4.78 is 0. The van der Waals surface area contributed by atoms with Crippen LogP contribution in [0.15, 0.2) is 41.7 Å². The van der Waals surface area contributed by atoms with Crippen LogP contribution in [0.2, 0.25) is 0 Å². The normalized spacial score (nSPS) is 11.9. The summed E-state index contributed by atoms with van der Waals surface area (Å²) in [6, 6.07) is 9.73. The summed E-state index contributed by atoms with van der Waals surface area (Å²) in [6.07, 6.45) is 1.65. The quantitative estimate of drug-likeness (QED) is 0.376. The zero-order chi connectivity index (χ0) is 15.2. The van der Waals surface area contributed by atoms with E-state index in [2.05, 4.69) is 20.0 Å². The molecule has 0 bridgehead atoms. The number of aromatic nitrogens is 2. The third kappa shape index (κ3) is 4.25. The summed E-state index contributed by atoms with van der Waals surface area (Å²) in [4.78, 5) is 10.7. The maximum atomic E-state index is 8.69. The second-order valence-electron chi connectivity index (χ2n) is 4.98. The van der Waals surface area contributed by atoms with Crippen molar-refractivity contribution in [3.05, 3.63) is 59.2 Å². The van der Waals surface area contributed by atoms with Crippen molar-refractivity contribution >= 4 is 5.84 Å². The van der Waals surface area contributed by atoms with Crippen LogP contribution < -0.4 is 5.73 Å². The number of hydrogen-bond donors (Lipinski definition) is 2. The number of nitrogens with zero attached hydrogens (tertiary/aromatic N) is 4. The zero-order valence-corrected chi connectivity index (χ0v) is 12.2. The SMILES string of the molecule is Cc1cccc(CN(C)Cc2ccnc(/C(N)=N/O)c2)n1. The molecule has 6 nitrogen and oxygen atoms in total. The molecule has 2 heterocycles. The van der Waals surface area contributed by atoms with E-state index in [9.17, 15) is 0 Å². The first-order chi connectivity index (χ1) is 10.1. The molecule has 21 heavy (non-hydrogen) atoms. The van der Waals surface area contributed by atoms with E-state index < -0.39 is 0 Å².